The number of carbonyl (C=O) groups is 1. The van der Waals surface area contributed by atoms with Gasteiger partial charge < -0.3 is 19.7 Å². The molecular formula is C31H31ClN4O3. The van der Waals surface area contributed by atoms with Gasteiger partial charge in [-0.25, -0.2) is 9.97 Å². The van der Waals surface area contributed by atoms with E-state index in [1.165, 1.54) is 0 Å². The summed E-state index contributed by atoms with van der Waals surface area (Å²) in [6.07, 6.45) is 3.71. The molecule has 200 valence electrons. The zero-order valence-electron chi connectivity index (χ0n) is 21.8. The van der Waals surface area contributed by atoms with Crippen molar-refractivity contribution in [2.45, 2.75) is 19.4 Å². The van der Waals surface area contributed by atoms with Gasteiger partial charge >= 0.3 is 0 Å². The van der Waals surface area contributed by atoms with Crippen molar-refractivity contribution in [2.75, 3.05) is 31.6 Å². The number of amides is 1. The Morgan fingerprint density at radius 1 is 1.00 bits per heavy atom. The summed E-state index contributed by atoms with van der Waals surface area (Å²) < 4.78 is 11.3. The molecule has 3 aromatic carbocycles. The molecule has 8 heteroatoms. The summed E-state index contributed by atoms with van der Waals surface area (Å²) in [5.41, 5.74) is 2.47. The lowest BCUT2D eigenvalue weighted by Gasteiger charge is -2.33. The van der Waals surface area contributed by atoms with Gasteiger partial charge in [0.2, 0.25) is 0 Å². The highest BCUT2D eigenvalue weighted by molar-refractivity contribution is 6.30. The Morgan fingerprint density at radius 3 is 2.56 bits per heavy atom. The summed E-state index contributed by atoms with van der Waals surface area (Å²) in [6, 6.07) is 24.7. The van der Waals surface area contributed by atoms with Crippen LogP contribution in [0.1, 0.15) is 28.8 Å². The minimum Gasteiger partial charge on any atom is -0.497 e. The van der Waals surface area contributed by atoms with Crippen molar-refractivity contribution in [3.63, 3.8) is 0 Å². The first-order valence-corrected chi connectivity index (χ1v) is 13.4. The average molecular weight is 543 g/mol. The molecule has 1 fully saturated rings. The molecule has 4 aromatic rings. The van der Waals surface area contributed by atoms with Crippen LogP contribution in [0.15, 0.2) is 85.1 Å². The summed E-state index contributed by atoms with van der Waals surface area (Å²) in [7, 11) is 1.58. The SMILES string of the molecule is COc1cc(OCc2ccccc2)cc(C(=O)NCC2CCN(c3ccnc(-c4cccc(Cl)c4)n3)CC2)c1. The van der Waals surface area contributed by atoms with E-state index in [1.54, 1.807) is 31.5 Å². The number of nitrogens with zero attached hydrogens (tertiary/aromatic N) is 3. The predicted molar refractivity (Wildman–Crippen MR) is 154 cm³/mol. The van der Waals surface area contributed by atoms with Crippen molar-refractivity contribution in [2.24, 2.45) is 5.92 Å². The molecule has 39 heavy (non-hydrogen) atoms. The first-order valence-electron chi connectivity index (χ1n) is 13.1. The molecule has 1 aliphatic heterocycles. The van der Waals surface area contributed by atoms with Crippen LogP contribution < -0.4 is 19.7 Å². The molecule has 2 heterocycles. The maximum Gasteiger partial charge on any atom is 0.251 e. The van der Waals surface area contributed by atoms with E-state index in [4.69, 9.17) is 26.1 Å². The van der Waals surface area contributed by atoms with Crippen molar-refractivity contribution in [3.05, 3.63) is 101 Å². The van der Waals surface area contributed by atoms with Gasteiger partial charge in [0.1, 0.15) is 23.9 Å². The topological polar surface area (TPSA) is 76.6 Å². The van der Waals surface area contributed by atoms with E-state index in [9.17, 15) is 4.79 Å². The fourth-order valence-electron chi connectivity index (χ4n) is 4.64. The first kappa shape index (κ1) is 26.5. The smallest absolute Gasteiger partial charge is 0.251 e. The number of piperidine rings is 1. The highest BCUT2D eigenvalue weighted by Gasteiger charge is 2.22. The molecule has 0 unspecified atom stereocenters. The van der Waals surface area contributed by atoms with Crippen LogP contribution >= 0.6 is 11.6 Å². The average Bonchev–Trinajstić information content (AvgIpc) is 2.99. The van der Waals surface area contributed by atoms with Gasteiger partial charge in [-0.3, -0.25) is 4.79 Å². The molecule has 1 aromatic heterocycles. The van der Waals surface area contributed by atoms with Crippen molar-refractivity contribution in [1.29, 1.82) is 0 Å². The predicted octanol–water partition coefficient (Wildman–Crippen LogP) is 6.03. The number of ether oxygens (including phenoxy) is 2. The van der Waals surface area contributed by atoms with Gasteiger partial charge in [0, 0.05) is 48.0 Å². The van der Waals surface area contributed by atoms with E-state index in [2.05, 4.69) is 15.2 Å². The van der Waals surface area contributed by atoms with Gasteiger partial charge in [-0.1, -0.05) is 54.1 Å². The monoisotopic (exact) mass is 542 g/mol. The Hall–Kier alpha value is -4.10. The largest absolute Gasteiger partial charge is 0.497 e. The van der Waals surface area contributed by atoms with Gasteiger partial charge in [-0.05, 0) is 54.7 Å². The molecule has 0 saturated carbocycles. The zero-order valence-corrected chi connectivity index (χ0v) is 22.6. The maximum absolute atomic E-state index is 13.0. The number of hydrogen-bond acceptors (Lipinski definition) is 6. The summed E-state index contributed by atoms with van der Waals surface area (Å²) >= 11 is 6.14. The third kappa shape index (κ3) is 7.06. The third-order valence-electron chi connectivity index (χ3n) is 6.84. The second-order valence-corrected chi connectivity index (χ2v) is 10.00. The molecular weight excluding hydrogens is 512 g/mol. The number of nitrogens with one attached hydrogen (secondary N) is 1. The lowest BCUT2D eigenvalue weighted by atomic mass is 9.96. The van der Waals surface area contributed by atoms with Crippen molar-refractivity contribution in [3.8, 4) is 22.9 Å². The lowest BCUT2D eigenvalue weighted by molar-refractivity contribution is 0.0944. The molecule has 0 bridgehead atoms. The molecule has 7 nitrogen and oxygen atoms in total. The van der Waals surface area contributed by atoms with Crippen LogP contribution in [-0.2, 0) is 6.61 Å². The molecule has 0 atom stereocenters. The number of anilines is 1. The fourth-order valence-corrected chi connectivity index (χ4v) is 4.83. The van der Waals surface area contributed by atoms with Gasteiger partial charge in [0.25, 0.3) is 5.91 Å². The highest BCUT2D eigenvalue weighted by Crippen LogP contribution is 2.26. The minimum atomic E-state index is -0.136. The Morgan fingerprint density at radius 2 is 1.79 bits per heavy atom. The van der Waals surface area contributed by atoms with Crippen molar-refractivity contribution in [1.82, 2.24) is 15.3 Å². The fraction of sp³-hybridized carbons (Fsp3) is 0.258. The minimum absolute atomic E-state index is 0.136. The summed E-state index contributed by atoms with van der Waals surface area (Å²) in [5, 5.41) is 3.77. The second-order valence-electron chi connectivity index (χ2n) is 9.56. The molecule has 0 spiro atoms. The van der Waals surface area contributed by atoms with Crippen LogP contribution in [0, 0.1) is 5.92 Å². The van der Waals surface area contributed by atoms with E-state index in [0.717, 1.165) is 42.9 Å². The van der Waals surface area contributed by atoms with Gasteiger partial charge in [-0.15, -0.1) is 0 Å². The van der Waals surface area contributed by atoms with Crippen LogP contribution in [-0.4, -0.2) is 42.6 Å². The van der Waals surface area contributed by atoms with Crippen molar-refractivity contribution < 1.29 is 14.3 Å². The number of benzene rings is 3. The molecule has 1 saturated heterocycles. The van der Waals surface area contributed by atoms with E-state index < -0.39 is 0 Å². The summed E-state index contributed by atoms with van der Waals surface area (Å²) in [5.74, 6) is 3.00. The Bertz CT molecular complexity index is 1410. The number of halogens is 1. The number of methoxy groups -OCH3 is 1. The normalized spacial score (nSPS) is 13.6. The van der Waals surface area contributed by atoms with Gasteiger partial charge in [-0.2, -0.15) is 0 Å². The molecule has 0 aliphatic carbocycles. The quantitative estimate of drug-likeness (QED) is 0.278. The van der Waals surface area contributed by atoms with Gasteiger partial charge in [0.15, 0.2) is 5.82 Å². The maximum atomic E-state index is 13.0. The molecule has 0 radical (unpaired) electrons. The zero-order chi connectivity index (χ0) is 27.0. The number of hydrogen-bond donors (Lipinski definition) is 1. The number of rotatable bonds is 9. The number of carbonyl (C=O) groups excluding carboxylic acids is 1. The first-order chi connectivity index (χ1) is 19.1. The Balaban J connectivity index is 1.15. The second kappa shape index (κ2) is 12.6. The van der Waals surface area contributed by atoms with E-state index in [1.807, 2.05) is 60.7 Å². The van der Waals surface area contributed by atoms with Crippen LogP contribution in [0.4, 0.5) is 5.82 Å². The Labute approximate surface area is 233 Å². The number of aromatic nitrogens is 2. The van der Waals surface area contributed by atoms with E-state index >= 15 is 0 Å². The molecule has 1 amide bonds. The van der Waals surface area contributed by atoms with Crippen LogP contribution in [0.25, 0.3) is 11.4 Å². The van der Waals surface area contributed by atoms with Crippen LogP contribution in [0.5, 0.6) is 11.5 Å². The van der Waals surface area contributed by atoms with Crippen LogP contribution in [0.3, 0.4) is 0 Å². The van der Waals surface area contributed by atoms with E-state index in [-0.39, 0.29) is 5.91 Å². The standard InChI is InChI=1S/C31H31ClN4O3/c1-38-27-17-25(18-28(19-27)39-21-23-6-3-2-4-7-23)31(37)34-20-22-11-14-36(15-12-22)29-10-13-33-30(35-29)24-8-5-9-26(32)16-24/h2-10,13,16-19,22H,11-12,14-15,20-21H2,1H3,(H,34,37). The molecule has 1 aliphatic rings. The summed E-state index contributed by atoms with van der Waals surface area (Å²) in [6.45, 7) is 2.76. The van der Waals surface area contributed by atoms with Gasteiger partial charge in [0.05, 0.1) is 7.11 Å². The molecule has 1 N–H and O–H groups in total. The van der Waals surface area contributed by atoms with Crippen molar-refractivity contribution >= 4 is 23.3 Å². The molecule has 5 rings (SSSR count). The highest BCUT2D eigenvalue weighted by atomic mass is 35.5. The lowest BCUT2D eigenvalue weighted by Crippen LogP contribution is -2.39. The van der Waals surface area contributed by atoms with Crippen LogP contribution in [0.2, 0.25) is 5.02 Å². The third-order valence-corrected chi connectivity index (χ3v) is 7.07. The summed E-state index contributed by atoms with van der Waals surface area (Å²) in [4.78, 5) is 24.5. The van der Waals surface area contributed by atoms with E-state index in [0.29, 0.717) is 47.0 Å². The Kier molecular flexibility index (Phi) is 8.58.